The Balaban J connectivity index is 1.94. The number of carboxylic acids is 1. The van der Waals surface area contributed by atoms with E-state index in [-0.39, 0.29) is 11.5 Å². The molecular formula is C18H11BrINO3S. The maximum Gasteiger partial charge on any atom is 0.339 e. The van der Waals surface area contributed by atoms with Crippen molar-refractivity contribution in [2.24, 2.45) is 0 Å². The second-order valence-corrected chi connectivity index (χ2v) is 8.17. The molecule has 0 fully saturated rings. The van der Waals surface area contributed by atoms with Crippen LogP contribution in [0.3, 0.4) is 0 Å². The highest BCUT2D eigenvalue weighted by Crippen LogP contribution is 2.36. The van der Waals surface area contributed by atoms with E-state index in [4.69, 9.17) is 0 Å². The zero-order valence-corrected chi connectivity index (χ0v) is 17.2. The van der Waals surface area contributed by atoms with Gasteiger partial charge < -0.3 is 10.4 Å². The topological polar surface area (TPSA) is 66.4 Å². The first-order chi connectivity index (χ1) is 12.0. The Morgan fingerprint density at radius 1 is 1.04 bits per heavy atom. The predicted octanol–water partition coefficient (Wildman–Crippen LogP) is 5.73. The minimum Gasteiger partial charge on any atom is -0.478 e. The van der Waals surface area contributed by atoms with Gasteiger partial charge in [0, 0.05) is 19.0 Å². The van der Waals surface area contributed by atoms with E-state index in [1.807, 2.05) is 36.4 Å². The molecule has 25 heavy (non-hydrogen) atoms. The summed E-state index contributed by atoms with van der Waals surface area (Å²) in [6.45, 7) is 0. The summed E-state index contributed by atoms with van der Waals surface area (Å²) in [5, 5.41) is 14.0. The van der Waals surface area contributed by atoms with Crippen molar-refractivity contribution in [1.29, 1.82) is 0 Å². The fraction of sp³-hybridized carbons (Fsp3) is 0. The van der Waals surface area contributed by atoms with E-state index >= 15 is 0 Å². The highest BCUT2D eigenvalue weighted by Gasteiger charge is 2.21. The monoisotopic (exact) mass is 527 g/mol. The fourth-order valence-corrected chi connectivity index (χ4v) is 3.90. The first kappa shape index (κ1) is 18.1. The molecule has 2 N–H and O–H groups in total. The summed E-state index contributed by atoms with van der Waals surface area (Å²) in [5.74, 6) is -1.41. The van der Waals surface area contributed by atoms with Gasteiger partial charge in [-0.2, -0.15) is 0 Å². The second kappa shape index (κ2) is 7.67. The number of amides is 1. The molecule has 126 valence electrons. The van der Waals surface area contributed by atoms with Crippen molar-refractivity contribution in [2.75, 3.05) is 5.32 Å². The van der Waals surface area contributed by atoms with Crippen LogP contribution in [0.4, 0.5) is 5.69 Å². The van der Waals surface area contributed by atoms with E-state index in [1.165, 1.54) is 11.3 Å². The Labute approximate surface area is 170 Å². The molecule has 0 atom stereocenters. The molecule has 4 nitrogen and oxygen atoms in total. The van der Waals surface area contributed by atoms with Gasteiger partial charge >= 0.3 is 5.97 Å². The molecule has 2 aromatic carbocycles. The van der Waals surface area contributed by atoms with Gasteiger partial charge in [-0.25, -0.2) is 4.79 Å². The van der Waals surface area contributed by atoms with Crippen molar-refractivity contribution in [2.45, 2.75) is 0 Å². The molecule has 7 heteroatoms. The molecule has 0 radical (unpaired) electrons. The Kier molecular flexibility index (Phi) is 5.55. The lowest BCUT2D eigenvalue weighted by Gasteiger charge is -2.06. The van der Waals surface area contributed by atoms with Crippen LogP contribution < -0.4 is 5.32 Å². The van der Waals surface area contributed by atoms with Crippen molar-refractivity contribution in [3.63, 3.8) is 0 Å². The lowest BCUT2D eigenvalue weighted by Crippen LogP contribution is -2.14. The van der Waals surface area contributed by atoms with Crippen molar-refractivity contribution in [3.05, 3.63) is 73.1 Å². The number of carbonyl (C=O) groups excluding carboxylic acids is 1. The number of anilines is 1. The van der Waals surface area contributed by atoms with Gasteiger partial charge in [0.25, 0.3) is 5.91 Å². The van der Waals surface area contributed by atoms with Gasteiger partial charge in [0.15, 0.2) is 0 Å². The van der Waals surface area contributed by atoms with Gasteiger partial charge in [-0.1, -0.05) is 28.1 Å². The summed E-state index contributed by atoms with van der Waals surface area (Å²) in [7, 11) is 0. The van der Waals surface area contributed by atoms with Crippen LogP contribution in [0.15, 0.2) is 58.4 Å². The number of hydrogen-bond donors (Lipinski definition) is 2. The summed E-state index contributed by atoms with van der Waals surface area (Å²) in [5.41, 5.74) is 1.68. The average molecular weight is 528 g/mol. The molecule has 3 aromatic rings. The molecule has 0 saturated heterocycles. The zero-order chi connectivity index (χ0) is 18.0. The lowest BCUT2D eigenvalue weighted by molar-refractivity contribution is 0.0699. The molecule has 0 aliphatic rings. The normalized spacial score (nSPS) is 10.5. The molecule has 0 saturated carbocycles. The third-order valence-corrected chi connectivity index (χ3v) is 5.74. The van der Waals surface area contributed by atoms with Crippen LogP contribution in [0.5, 0.6) is 0 Å². The van der Waals surface area contributed by atoms with Gasteiger partial charge in [-0.05, 0) is 64.6 Å². The van der Waals surface area contributed by atoms with E-state index in [2.05, 4.69) is 43.8 Å². The number of carbonyl (C=O) groups is 2. The number of hydrogen-bond acceptors (Lipinski definition) is 3. The summed E-state index contributed by atoms with van der Waals surface area (Å²) in [6.07, 6.45) is 0. The lowest BCUT2D eigenvalue weighted by atomic mass is 10.1. The quantitative estimate of drug-likeness (QED) is 0.426. The largest absolute Gasteiger partial charge is 0.478 e. The van der Waals surface area contributed by atoms with Crippen LogP contribution in [0.1, 0.15) is 20.7 Å². The molecule has 0 unspecified atom stereocenters. The molecule has 0 aliphatic carbocycles. The smallest absolute Gasteiger partial charge is 0.339 e. The average Bonchev–Trinajstić information content (AvgIpc) is 3.00. The van der Waals surface area contributed by atoms with Crippen molar-refractivity contribution >= 4 is 67.4 Å². The van der Waals surface area contributed by atoms with E-state index in [0.29, 0.717) is 16.1 Å². The van der Waals surface area contributed by atoms with Gasteiger partial charge in [0.1, 0.15) is 5.56 Å². The van der Waals surface area contributed by atoms with Crippen molar-refractivity contribution in [1.82, 2.24) is 0 Å². The number of halogens is 2. The van der Waals surface area contributed by atoms with Gasteiger partial charge in [0.05, 0.1) is 10.6 Å². The molecule has 1 amide bonds. The summed E-state index contributed by atoms with van der Waals surface area (Å²) in [4.78, 5) is 24.7. The maximum atomic E-state index is 12.4. The number of thiophene rings is 1. The first-order valence-electron chi connectivity index (χ1n) is 7.13. The third kappa shape index (κ3) is 4.10. The van der Waals surface area contributed by atoms with Gasteiger partial charge in [0.2, 0.25) is 0 Å². The second-order valence-electron chi connectivity index (χ2n) is 5.13. The fourth-order valence-electron chi connectivity index (χ4n) is 2.27. The van der Waals surface area contributed by atoms with Crippen LogP contribution in [0, 0.1) is 3.57 Å². The minimum absolute atomic E-state index is 0.103. The zero-order valence-electron chi connectivity index (χ0n) is 12.6. The van der Waals surface area contributed by atoms with E-state index in [9.17, 15) is 14.7 Å². The first-order valence-corrected chi connectivity index (χ1v) is 9.88. The molecular weight excluding hydrogens is 517 g/mol. The number of benzene rings is 2. The summed E-state index contributed by atoms with van der Waals surface area (Å²) >= 11 is 6.81. The van der Waals surface area contributed by atoms with E-state index in [0.717, 1.165) is 13.6 Å². The summed E-state index contributed by atoms with van der Waals surface area (Å²) in [6, 6.07) is 14.5. The highest BCUT2D eigenvalue weighted by atomic mass is 127. The Morgan fingerprint density at radius 2 is 1.68 bits per heavy atom. The SMILES string of the molecule is O=C(Nc1csc(-c2ccc(Br)cc2)c1C(=O)O)c1ccc(I)cc1. The van der Waals surface area contributed by atoms with Crippen LogP contribution in [-0.4, -0.2) is 17.0 Å². The van der Waals surface area contributed by atoms with Gasteiger partial charge in [-0.15, -0.1) is 11.3 Å². The Morgan fingerprint density at radius 3 is 2.28 bits per heavy atom. The highest BCUT2D eigenvalue weighted by molar-refractivity contribution is 14.1. The predicted molar refractivity (Wildman–Crippen MR) is 112 cm³/mol. The molecule has 0 spiro atoms. The minimum atomic E-state index is -1.07. The van der Waals surface area contributed by atoms with Crippen LogP contribution in [-0.2, 0) is 0 Å². The molecule has 0 bridgehead atoms. The van der Waals surface area contributed by atoms with Crippen molar-refractivity contribution < 1.29 is 14.7 Å². The number of rotatable bonds is 4. The van der Waals surface area contributed by atoms with E-state index in [1.54, 1.807) is 17.5 Å². The van der Waals surface area contributed by atoms with Gasteiger partial charge in [-0.3, -0.25) is 4.79 Å². The number of nitrogens with one attached hydrogen (secondary N) is 1. The van der Waals surface area contributed by atoms with Crippen LogP contribution >= 0.6 is 49.9 Å². The standard InChI is InChI=1S/C18H11BrINO3S/c19-12-5-1-10(2-6-12)16-15(18(23)24)14(9-25-16)21-17(22)11-3-7-13(20)8-4-11/h1-9H,(H,21,22)(H,23,24). The maximum absolute atomic E-state index is 12.4. The Bertz CT molecular complexity index is 936. The van der Waals surface area contributed by atoms with Crippen LogP contribution in [0.25, 0.3) is 10.4 Å². The van der Waals surface area contributed by atoms with Crippen LogP contribution in [0.2, 0.25) is 0 Å². The number of aromatic carboxylic acids is 1. The van der Waals surface area contributed by atoms with Crippen molar-refractivity contribution in [3.8, 4) is 10.4 Å². The summed E-state index contributed by atoms with van der Waals surface area (Å²) < 4.78 is 1.94. The molecule has 0 aliphatic heterocycles. The van der Waals surface area contributed by atoms with E-state index < -0.39 is 5.97 Å². The third-order valence-electron chi connectivity index (χ3n) is 3.47. The Hall–Kier alpha value is -1.71. The number of carboxylic acid groups (broad SMARTS) is 1. The molecule has 3 rings (SSSR count). The molecule has 1 heterocycles. The molecule has 1 aromatic heterocycles.